The summed E-state index contributed by atoms with van der Waals surface area (Å²) in [5, 5.41) is 0. The minimum atomic E-state index is -0.476. The number of ether oxygens (including phenoxy) is 2. The highest BCUT2D eigenvalue weighted by molar-refractivity contribution is 9.10. The second-order valence-electron chi connectivity index (χ2n) is 4.26. The third-order valence-corrected chi connectivity index (χ3v) is 3.42. The van der Waals surface area contributed by atoms with Crippen molar-refractivity contribution >= 4 is 27.8 Å². The summed E-state index contributed by atoms with van der Waals surface area (Å²) in [5.74, 6) is 0.864. The van der Waals surface area contributed by atoms with Crippen molar-refractivity contribution in [1.82, 2.24) is 4.98 Å². The minimum Gasteiger partial charge on any atom is -0.480 e. The number of carbonyl (C=O) groups excluding carboxylic acids is 1. The molecule has 0 N–H and O–H groups in total. The second-order valence-corrected chi connectivity index (χ2v) is 5.11. The Kier molecular flexibility index (Phi) is 5.16. The normalized spacial score (nSPS) is 10.0. The molecule has 0 spiro atoms. The number of methoxy groups -OCH3 is 1. The van der Waals surface area contributed by atoms with Gasteiger partial charge >= 0.3 is 6.09 Å². The van der Waals surface area contributed by atoms with Gasteiger partial charge in [0.1, 0.15) is 12.4 Å². The van der Waals surface area contributed by atoms with Gasteiger partial charge in [-0.2, -0.15) is 4.98 Å². The zero-order chi connectivity index (χ0) is 15.2. The molecule has 1 heterocycles. The molecule has 1 aromatic heterocycles. The van der Waals surface area contributed by atoms with Crippen molar-refractivity contribution in [3.8, 4) is 5.88 Å². The summed E-state index contributed by atoms with van der Waals surface area (Å²) in [4.78, 5) is 17.6. The van der Waals surface area contributed by atoms with E-state index in [1.54, 1.807) is 19.2 Å². The maximum atomic E-state index is 12.0. The van der Waals surface area contributed by atoms with Gasteiger partial charge in [0.05, 0.1) is 11.6 Å². The zero-order valence-corrected chi connectivity index (χ0v) is 13.3. The van der Waals surface area contributed by atoms with Crippen LogP contribution in [0, 0.1) is 0 Å². The summed E-state index contributed by atoms with van der Waals surface area (Å²) in [6, 6.07) is 13.0. The molecule has 0 atom stereocenters. The monoisotopic (exact) mass is 350 g/mol. The number of halogens is 1. The van der Waals surface area contributed by atoms with Crippen molar-refractivity contribution in [3.63, 3.8) is 0 Å². The third kappa shape index (κ3) is 3.95. The fourth-order valence-corrected chi connectivity index (χ4v) is 2.04. The summed E-state index contributed by atoms with van der Waals surface area (Å²) in [6.07, 6.45) is -0.476. The topological polar surface area (TPSA) is 51.7 Å². The minimum absolute atomic E-state index is 0.220. The van der Waals surface area contributed by atoms with Crippen LogP contribution in [0.2, 0.25) is 0 Å². The highest BCUT2D eigenvalue weighted by atomic mass is 79.9. The van der Waals surface area contributed by atoms with Crippen LogP contribution in [0.4, 0.5) is 10.6 Å². The van der Waals surface area contributed by atoms with Crippen LogP contribution in [0.5, 0.6) is 5.88 Å². The van der Waals surface area contributed by atoms with Gasteiger partial charge in [-0.3, -0.25) is 4.90 Å². The molecule has 2 aromatic rings. The first-order chi connectivity index (χ1) is 10.1. The fourth-order valence-electron chi connectivity index (χ4n) is 1.65. The van der Waals surface area contributed by atoms with Gasteiger partial charge < -0.3 is 9.47 Å². The van der Waals surface area contributed by atoms with Crippen LogP contribution in [0.1, 0.15) is 5.56 Å². The molecule has 0 fully saturated rings. The molecule has 0 aliphatic carbocycles. The number of pyridine rings is 1. The number of nitrogens with zero attached hydrogens (tertiary/aromatic N) is 2. The number of hydrogen-bond acceptors (Lipinski definition) is 4. The van der Waals surface area contributed by atoms with E-state index in [1.807, 2.05) is 30.3 Å². The van der Waals surface area contributed by atoms with Crippen LogP contribution in [0.15, 0.2) is 46.9 Å². The maximum absolute atomic E-state index is 12.0. The lowest BCUT2D eigenvalue weighted by molar-refractivity contribution is 0.148. The van der Waals surface area contributed by atoms with Gasteiger partial charge in [0.25, 0.3) is 0 Å². The molecule has 0 unspecified atom stereocenters. The van der Waals surface area contributed by atoms with Crippen LogP contribution in [-0.2, 0) is 11.3 Å². The molecule has 0 aliphatic rings. The molecule has 0 aliphatic heterocycles. The molecule has 5 nitrogen and oxygen atoms in total. The van der Waals surface area contributed by atoms with Gasteiger partial charge in [-0.05, 0) is 33.6 Å². The SMILES string of the molecule is COc1nc(N(C)C(=O)OCc2ccccc2)ccc1Br. The summed E-state index contributed by atoms with van der Waals surface area (Å²) in [5.41, 5.74) is 0.931. The lowest BCUT2D eigenvalue weighted by Gasteiger charge is -2.17. The number of rotatable bonds is 4. The molecular weight excluding hydrogens is 336 g/mol. The van der Waals surface area contributed by atoms with Gasteiger partial charge in [0, 0.05) is 7.05 Å². The summed E-state index contributed by atoms with van der Waals surface area (Å²) >= 11 is 3.32. The predicted octanol–water partition coefficient (Wildman–Crippen LogP) is 3.63. The molecule has 0 saturated heterocycles. The first-order valence-corrected chi connectivity index (χ1v) is 7.06. The maximum Gasteiger partial charge on any atom is 0.415 e. The molecule has 1 aromatic carbocycles. The Bertz CT molecular complexity index is 620. The molecule has 21 heavy (non-hydrogen) atoms. The average molecular weight is 351 g/mol. The summed E-state index contributed by atoms with van der Waals surface area (Å²) in [7, 11) is 3.12. The molecular formula is C15H15BrN2O3. The fraction of sp³-hybridized carbons (Fsp3) is 0.200. The lowest BCUT2D eigenvalue weighted by atomic mass is 10.2. The Hall–Kier alpha value is -2.08. The first kappa shape index (κ1) is 15.3. The molecule has 0 saturated carbocycles. The van der Waals surface area contributed by atoms with Crippen LogP contribution in [0.3, 0.4) is 0 Å². The van der Waals surface area contributed by atoms with E-state index in [0.29, 0.717) is 11.7 Å². The van der Waals surface area contributed by atoms with Crippen molar-refractivity contribution in [2.45, 2.75) is 6.61 Å². The van der Waals surface area contributed by atoms with Crippen LogP contribution in [0.25, 0.3) is 0 Å². The van der Waals surface area contributed by atoms with Crippen molar-refractivity contribution in [1.29, 1.82) is 0 Å². The van der Waals surface area contributed by atoms with E-state index >= 15 is 0 Å². The Morgan fingerprint density at radius 1 is 1.24 bits per heavy atom. The number of anilines is 1. The van der Waals surface area contributed by atoms with E-state index in [2.05, 4.69) is 20.9 Å². The molecule has 2 rings (SSSR count). The van der Waals surface area contributed by atoms with Crippen LogP contribution < -0.4 is 9.64 Å². The van der Waals surface area contributed by atoms with Gasteiger partial charge in [0.2, 0.25) is 5.88 Å². The number of benzene rings is 1. The number of hydrogen-bond donors (Lipinski definition) is 0. The van der Waals surface area contributed by atoms with Crippen molar-refractivity contribution in [2.24, 2.45) is 0 Å². The Balaban J connectivity index is 2.02. The van der Waals surface area contributed by atoms with Crippen LogP contribution >= 0.6 is 15.9 Å². The van der Waals surface area contributed by atoms with E-state index < -0.39 is 6.09 Å². The van der Waals surface area contributed by atoms with Crippen molar-refractivity contribution in [2.75, 3.05) is 19.1 Å². The molecule has 0 bridgehead atoms. The van der Waals surface area contributed by atoms with Gasteiger partial charge in [-0.15, -0.1) is 0 Å². The molecule has 6 heteroatoms. The van der Waals surface area contributed by atoms with E-state index in [4.69, 9.17) is 9.47 Å². The Morgan fingerprint density at radius 3 is 2.62 bits per heavy atom. The lowest BCUT2D eigenvalue weighted by Crippen LogP contribution is -2.27. The van der Waals surface area contributed by atoms with Crippen molar-refractivity contribution < 1.29 is 14.3 Å². The summed E-state index contributed by atoms with van der Waals surface area (Å²) < 4.78 is 11.1. The largest absolute Gasteiger partial charge is 0.480 e. The first-order valence-electron chi connectivity index (χ1n) is 6.26. The molecule has 1 amide bonds. The quantitative estimate of drug-likeness (QED) is 0.844. The molecule has 0 radical (unpaired) electrons. The standard InChI is InChI=1S/C15H15BrN2O3/c1-18(13-9-8-12(16)14(17-13)20-2)15(19)21-10-11-6-4-3-5-7-11/h3-9H,10H2,1-2H3. The second kappa shape index (κ2) is 7.08. The summed E-state index contributed by atoms with van der Waals surface area (Å²) in [6.45, 7) is 0.220. The predicted molar refractivity (Wildman–Crippen MR) is 83.5 cm³/mol. The van der Waals surface area contributed by atoms with E-state index in [9.17, 15) is 4.79 Å². The van der Waals surface area contributed by atoms with Gasteiger partial charge in [-0.25, -0.2) is 4.79 Å². The smallest absolute Gasteiger partial charge is 0.415 e. The number of carbonyl (C=O) groups is 1. The highest BCUT2D eigenvalue weighted by Gasteiger charge is 2.15. The highest BCUT2D eigenvalue weighted by Crippen LogP contribution is 2.25. The van der Waals surface area contributed by atoms with Gasteiger partial charge in [0.15, 0.2) is 0 Å². The molecule has 110 valence electrons. The zero-order valence-electron chi connectivity index (χ0n) is 11.7. The van der Waals surface area contributed by atoms with Crippen LogP contribution in [-0.4, -0.2) is 25.2 Å². The Morgan fingerprint density at radius 2 is 1.95 bits per heavy atom. The van der Waals surface area contributed by atoms with E-state index in [1.165, 1.54) is 12.0 Å². The van der Waals surface area contributed by atoms with E-state index in [0.717, 1.165) is 10.0 Å². The average Bonchev–Trinajstić information content (AvgIpc) is 2.53. The third-order valence-electron chi connectivity index (χ3n) is 2.82. The van der Waals surface area contributed by atoms with Crippen molar-refractivity contribution in [3.05, 3.63) is 52.5 Å². The Labute approximate surface area is 131 Å². The number of amides is 1. The van der Waals surface area contributed by atoms with Gasteiger partial charge in [-0.1, -0.05) is 30.3 Å². The number of aromatic nitrogens is 1. The van der Waals surface area contributed by atoms with E-state index in [-0.39, 0.29) is 6.61 Å².